The maximum absolute atomic E-state index is 5.63. The number of benzene rings is 8. The highest BCUT2D eigenvalue weighted by Crippen LogP contribution is 2.44. The van der Waals surface area contributed by atoms with Crippen LogP contribution in [-0.2, 0) is 6.42 Å². The smallest absolute Gasteiger partial charge is 0.0884 e. The van der Waals surface area contributed by atoms with Crippen LogP contribution in [0, 0.1) is 0 Å². The topological polar surface area (TPSA) is 17.3 Å². The van der Waals surface area contributed by atoms with Gasteiger partial charge < -0.3 is 4.57 Å². The van der Waals surface area contributed by atoms with Crippen LogP contribution in [0.5, 0.6) is 0 Å². The summed E-state index contributed by atoms with van der Waals surface area (Å²) in [4.78, 5) is 6.88. The first-order valence-corrected chi connectivity index (χ1v) is 20.7. The van der Waals surface area contributed by atoms with Crippen LogP contribution >= 0.6 is 22.7 Å². The van der Waals surface area contributed by atoms with E-state index in [1.165, 1.54) is 78.8 Å². The number of aliphatic imine (C=N–C) groups is 1. The van der Waals surface area contributed by atoms with Crippen molar-refractivity contribution in [2.45, 2.75) is 6.42 Å². The summed E-state index contributed by atoms with van der Waals surface area (Å²) in [6.07, 6.45) is 3.16. The zero-order valence-corrected chi connectivity index (χ0v) is 31.9. The summed E-state index contributed by atoms with van der Waals surface area (Å²) in [6, 6.07) is 64.5. The molecule has 1 aliphatic heterocycles. The normalized spacial score (nSPS) is 13.1. The average molecular weight is 749 g/mol. The number of hydrogen-bond donors (Lipinski definition) is 0. The van der Waals surface area contributed by atoms with Crippen LogP contribution in [-0.4, -0.2) is 10.3 Å². The lowest BCUT2D eigenvalue weighted by molar-refractivity contribution is 1.18. The quantitative estimate of drug-likeness (QED) is 0.171. The van der Waals surface area contributed by atoms with Gasteiger partial charge in [-0.1, -0.05) is 140 Å². The van der Waals surface area contributed by atoms with Crippen molar-refractivity contribution in [3.05, 3.63) is 204 Å². The molecular weight excluding hydrogens is 717 g/mol. The largest absolute Gasteiger partial charge is 0.309 e. The molecule has 4 heterocycles. The van der Waals surface area contributed by atoms with Crippen molar-refractivity contribution in [3.63, 3.8) is 0 Å². The molecule has 2 nitrogen and oxygen atoms in total. The Hall–Kier alpha value is -6.59. The van der Waals surface area contributed by atoms with Crippen LogP contribution in [0.15, 0.2) is 187 Å². The van der Waals surface area contributed by atoms with Crippen LogP contribution in [0.25, 0.3) is 85.3 Å². The molecule has 0 saturated carbocycles. The van der Waals surface area contributed by atoms with Crippen LogP contribution in [0.2, 0.25) is 0 Å². The highest BCUT2D eigenvalue weighted by molar-refractivity contribution is 7.26. The molecule has 1 aliphatic rings. The van der Waals surface area contributed by atoms with E-state index in [0.29, 0.717) is 0 Å². The third kappa shape index (κ3) is 4.90. The molecule has 4 heteroatoms. The van der Waals surface area contributed by atoms with E-state index in [4.69, 9.17) is 4.99 Å². The molecule has 0 saturated heterocycles. The van der Waals surface area contributed by atoms with Crippen molar-refractivity contribution >= 4 is 96.9 Å². The second-order valence-corrected chi connectivity index (χ2v) is 16.8. The van der Waals surface area contributed by atoms with Gasteiger partial charge in [-0.25, -0.2) is 4.99 Å². The highest BCUT2D eigenvalue weighted by atomic mass is 32.1. The lowest BCUT2D eigenvalue weighted by Crippen LogP contribution is -2.03. The van der Waals surface area contributed by atoms with Crippen molar-refractivity contribution in [2.24, 2.45) is 4.99 Å². The van der Waals surface area contributed by atoms with E-state index >= 15 is 0 Å². The summed E-state index contributed by atoms with van der Waals surface area (Å²) in [5.74, 6) is 0. The molecule has 0 atom stereocenters. The molecule has 8 aromatic carbocycles. The Morgan fingerprint density at radius 3 is 1.95 bits per heavy atom. The first kappa shape index (κ1) is 31.7. The van der Waals surface area contributed by atoms with Crippen LogP contribution in [0.4, 0.5) is 0 Å². The van der Waals surface area contributed by atoms with Gasteiger partial charge in [0.25, 0.3) is 0 Å². The third-order valence-electron chi connectivity index (χ3n) is 11.4. The fraction of sp³-hybridized carbons (Fsp3) is 0.0192. The van der Waals surface area contributed by atoms with Gasteiger partial charge >= 0.3 is 0 Å². The second kappa shape index (κ2) is 12.5. The Morgan fingerprint density at radius 2 is 1.12 bits per heavy atom. The molecule has 3 aromatic heterocycles. The molecule has 0 spiro atoms. The standard InChI is InChI=1S/C52H32N2S2/c1-3-13-32(14-4-1)35-27-36(45-26-25-42-39-19-9-12-22-48(39)56-52(42)50(53-45)34-16-5-2-6-17-34)29-37(28-35)54-46-31-49-44(40-20-10-11-21-47(40)55-49)30-43(46)41-24-23-33-15-7-8-18-38(33)51(41)54/h1-24,26-31H,25H2. The van der Waals surface area contributed by atoms with E-state index in [2.05, 4.69) is 187 Å². The Balaban J connectivity index is 1.16. The van der Waals surface area contributed by atoms with Gasteiger partial charge in [-0.15, -0.1) is 22.7 Å². The van der Waals surface area contributed by atoms with Crippen molar-refractivity contribution in [2.75, 3.05) is 0 Å². The number of rotatable bonds is 4. The molecule has 0 N–H and O–H groups in total. The van der Waals surface area contributed by atoms with E-state index in [9.17, 15) is 0 Å². The third-order valence-corrected chi connectivity index (χ3v) is 13.8. The average Bonchev–Trinajstić information content (AvgIpc) is 3.88. The Bertz CT molecular complexity index is 3430. The molecule has 0 fully saturated rings. The van der Waals surface area contributed by atoms with E-state index in [-0.39, 0.29) is 0 Å². The molecule has 262 valence electrons. The molecule has 0 radical (unpaired) electrons. The summed E-state index contributed by atoms with van der Waals surface area (Å²) in [6.45, 7) is 0. The minimum atomic E-state index is 0.809. The Morgan fingerprint density at radius 1 is 0.446 bits per heavy atom. The molecule has 11 aromatic rings. The summed E-state index contributed by atoms with van der Waals surface area (Å²) in [5.41, 5.74) is 11.5. The number of aromatic nitrogens is 1. The van der Waals surface area contributed by atoms with Crippen molar-refractivity contribution in [1.29, 1.82) is 0 Å². The van der Waals surface area contributed by atoms with Gasteiger partial charge in [0.2, 0.25) is 0 Å². The zero-order chi connectivity index (χ0) is 36.7. The molecule has 0 bridgehead atoms. The first-order chi connectivity index (χ1) is 27.7. The maximum atomic E-state index is 5.63. The zero-order valence-electron chi connectivity index (χ0n) is 30.2. The Kier molecular flexibility index (Phi) is 7.07. The molecule has 0 unspecified atom stereocenters. The first-order valence-electron chi connectivity index (χ1n) is 19.1. The van der Waals surface area contributed by atoms with Crippen molar-refractivity contribution in [1.82, 2.24) is 4.57 Å². The number of allylic oxidation sites excluding steroid dienone is 1. The van der Waals surface area contributed by atoms with Crippen LogP contribution in [0.3, 0.4) is 0 Å². The minimum Gasteiger partial charge on any atom is -0.309 e. The maximum Gasteiger partial charge on any atom is 0.0884 e. The van der Waals surface area contributed by atoms with E-state index in [0.717, 1.165) is 40.2 Å². The highest BCUT2D eigenvalue weighted by Gasteiger charge is 2.23. The van der Waals surface area contributed by atoms with Gasteiger partial charge in [0.05, 0.1) is 27.3 Å². The summed E-state index contributed by atoms with van der Waals surface area (Å²) < 4.78 is 6.44. The van der Waals surface area contributed by atoms with Gasteiger partial charge in [0, 0.05) is 57.8 Å². The summed E-state index contributed by atoms with van der Waals surface area (Å²) in [5, 5.41) is 8.96. The number of fused-ring (bicyclic) bond motifs is 11. The van der Waals surface area contributed by atoms with E-state index in [1.807, 2.05) is 22.7 Å². The summed E-state index contributed by atoms with van der Waals surface area (Å²) in [7, 11) is 0. The van der Waals surface area contributed by atoms with Crippen molar-refractivity contribution < 1.29 is 0 Å². The molecule has 56 heavy (non-hydrogen) atoms. The van der Waals surface area contributed by atoms with Gasteiger partial charge in [-0.05, 0) is 76.3 Å². The van der Waals surface area contributed by atoms with Gasteiger partial charge in [0.1, 0.15) is 0 Å². The molecular formula is C52H32N2S2. The number of nitrogens with zero attached hydrogens (tertiary/aromatic N) is 2. The fourth-order valence-corrected chi connectivity index (χ4v) is 11.2. The van der Waals surface area contributed by atoms with Gasteiger partial charge in [0.15, 0.2) is 0 Å². The molecule has 0 amide bonds. The molecule has 0 aliphatic carbocycles. The Labute approximate surface area is 331 Å². The number of hydrogen-bond acceptors (Lipinski definition) is 3. The molecule has 12 rings (SSSR count). The van der Waals surface area contributed by atoms with Crippen LogP contribution in [0.1, 0.15) is 21.6 Å². The fourth-order valence-electron chi connectivity index (χ4n) is 8.83. The SMILES string of the molecule is C1=C(c2cc(-c3ccccc3)cc(-n3c4cc5sc6ccccc6c5cc4c4ccc5ccccc5c43)c2)N=C(c2ccccc2)c2sc3ccccc3c2C1. The summed E-state index contributed by atoms with van der Waals surface area (Å²) >= 11 is 3.73. The number of thiophene rings is 2. The monoisotopic (exact) mass is 748 g/mol. The van der Waals surface area contributed by atoms with E-state index < -0.39 is 0 Å². The lowest BCUT2D eigenvalue weighted by atomic mass is 9.99. The van der Waals surface area contributed by atoms with Gasteiger partial charge in [-0.3, -0.25) is 0 Å². The van der Waals surface area contributed by atoms with E-state index in [1.54, 1.807) is 0 Å². The predicted octanol–water partition coefficient (Wildman–Crippen LogP) is 14.6. The van der Waals surface area contributed by atoms with Crippen LogP contribution < -0.4 is 0 Å². The minimum absolute atomic E-state index is 0.809. The lowest BCUT2D eigenvalue weighted by Gasteiger charge is -2.15. The predicted molar refractivity (Wildman–Crippen MR) is 242 cm³/mol. The second-order valence-electron chi connectivity index (χ2n) is 14.6. The van der Waals surface area contributed by atoms with Gasteiger partial charge in [-0.2, -0.15) is 0 Å². The van der Waals surface area contributed by atoms with Crippen molar-refractivity contribution in [3.8, 4) is 16.8 Å².